The monoisotopic (exact) mass is 342 g/mol. The van der Waals surface area contributed by atoms with Crippen molar-refractivity contribution >= 4 is 14.3 Å². The average molecular weight is 343 g/mol. The quantitative estimate of drug-likeness (QED) is 0.630. The third kappa shape index (κ3) is 3.34. The van der Waals surface area contributed by atoms with Gasteiger partial charge < -0.3 is 19.0 Å². The van der Waals surface area contributed by atoms with Crippen LogP contribution in [0.4, 0.5) is 0 Å². The second-order valence-electron chi connectivity index (χ2n) is 8.48. The van der Waals surface area contributed by atoms with Gasteiger partial charge in [0, 0.05) is 5.92 Å². The van der Waals surface area contributed by atoms with Crippen molar-refractivity contribution in [1.82, 2.24) is 0 Å². The van der Waals surface area contributed by atoms with Gasteiger partial charge in [-0.2, -0.15) is 0 Å². The number of rotatable bonds is 3. The second kappa shape index (κ2) is 5.90. The third-order valence-electron chi connectivity index (χ3n) is 5.77. The Hall–Kier alpha value is -0.853. The van der Waals surface area contributed by atoms with Crippen LogP contribution in [0, 0.1) is 11.8 Å². The first-order chi connectivity index (χ1) is 10.4. The summed E-state index contributed by atoms with van der Waals surface area (Å²) < 4.78 is 17.1. The molecule has 5 nitrogen and oxygen atoms in total. The van der Waals surface area contributed by atoms with Gasteiger partial charge in [0.1, 0.15) is 0 Å². The summed E-state index contributed by atoms with van der Waals surface area (Å²) in [6.07, 6.45) is 2.31. The molecule has 0 aromatic rings. The van der Waals surface area contributed by atoms with Gasteiger partial charge in [0.2, 0.25) is 0 Å². The molecule has 0 spiro atoms. The maximum atomic E-state index is 12.0. The summed E-state index contributed by atoms with van der Waals surface area (Å²) in [6, 6.07) is 0. The van der Waals surface area contributed by atoms with Gasteiger partial charge in [-0.15, -0.1) is 0 Å². The SMILES string of the molecule is COC(=O)C1=COC(O[Si](C)(C)C(C)(C)C)[C@H]2[C@@H]1CCC2(C)O. The highest BCUT2D eigenvalue weighted by Crippen LogP contribution is 2.50. The number of hydrogen-bond acceptors (Lipinski definition) is 5. The number of esters is 1. The summed E-state index contributed by atoms with van der Waals surface area (Å²) in [7, 11) is -0.689. The predicted octanol–water partition coefficient (Wildman–Crippen LogP) is 3.20. The zero-order valence-electron chi connectivity index (χ0n) is 15.3. The molecule has 2 unspecified atom stereocenters. The Bertz CT molecular complexity index is 504. The topological polar surface area (TPSA) is 65.0 Å². The van der Waals surface area contributed by atoms with Gasteiger partial charge in [-0.3, -0.25) is 0 Å². The minimum atomic E-state index is -2.05. The van der Waals surface area contributed by atoms with Crippen molar-refractivity contribution < 1.29 is 23.8 Å². The third-order valence-corrected chi connectivity index (χ3v) is 10.2. The van der Waals surface area contributed by atoms with Crippen LogP contribution in [0.2, 0.25) is 18.1 Å². The molecule has 1 N–H and O–H groups in total. The molecule has 1 saturated carbocycles. The van der Waals surface area contributed by atoms with Crippen LogP contribution in [0.15, 0.2) is 11.8 Å². The van der Waals surface area contributed by atoms with Crippen LogP contribution in [0.1, 0.15) is 40.5 Å². The van der Waals surface area contributed by atoms with Crippen molar-refractivity contribution in [2.75, 3.05) is 7.11 Å². The standard InChI is InChI=1S/C17H30O5Si/c1-16(2,3)23(6,7)22-15-13-11(8-9-17(13,4)19)12(10-21-15)14(18)20-5/h10-11,13,15,19H,8-9H2,1-7H3/t11-,13-,15?,17?/m1/s1. The van der Waals surface area contributed by atoms with Crippen molar-refractivity contribution in [3.8, 4) is 0 Å². The lowest BCUT2D eigenvalue weighted by Gasteiger charge is -2.45. The second-order valence-corrected chi connectivity index (χ2v) is 13.2. The number of aliphatic hydroxyl groups is 1. The van der Waals surface area contributed by atoms with Gasteiger partial charge in [0.15, 0.2) is 14.6 Å². The van der Waals surface area contributed by atoms with Crippen LogP contribution >= 0.6 is 0 Å². The summed E-state index contributed by atoms with van der Waals surface area (Å²) in [4.78, 5) is 12.0. The molecule has 0 amide bonds. The first-order valence-electron chi connectivity index (χ1n) is 8.25. The van der Waals surface area contributed by atoms with E-state index in [-0.39, 0.29) is 22.8 Å². The van der Waals surface area contributed by atoms with Crippen molar-refractivity contribution in [3.05, 3.63) is 11.8 Å². The van der Waals surface area contributed by atoms with Gasteiger partial charge in [-0.05, 0) is 37.9 Å². The number of ether oxygens (including phenoxy) is 2. The van der Waals surface area contributed by atoms with E-state index in [2.05, 4.69) is 33.9 Å². The first kappa shape index (κ1) is 18.5. The summed E-state index contributed by atoms with van der Waals surface area (Å²) >= 11 is 0. The molecule has 0 bridgehead atoms. The highest BCUT2D eigenvalue weighted by molar-refractivity contribution is 6.74. The van der Waals surface area contributed by atoms with Crippen molar-refractivity contribution in [2.24, 2.45) is 11.8 Å². The molecule has 1 fully saturated rings. The normalized spacial score (nSPS) is 34.4. The van der Waals surface area contributed by atoms with Crippen LogP contribution in [-0.2, 0) is 18.7 Å². The summed E-state index contributed by atoms with van der Waals surface area (Å²) in [5.41, 5.74) is -0.407. The first-order valence-corrected chi connectivity index (χ1v) is 11.2. The maximum absolute atomic E-state index is 12.0. The fraction of sp³-hybridized carbons (Fsp3) is 0.824. The van der Waals surface area contributed by atoms with Crippen LogP contribution in [0.5, 0.6) is 0 Å². The zero-order chi connectivity index (χ0) is 17.6. The summed E-state index contributed by atoms with van der Waals surface area (Å²) in [5.74, 6) is -0.722. The fourth-order valence-corrected chi connectivity index (χ4v) is 4.39. The number of hydrogen-bond donors (Lipinski definition) is 1. The van der Waals surface area contributed by atoms with E-state index < -0.39 is 20.2 Å². The van der Waals surface area contributed by atoms with E-state index in [9.17, 15) is 9.90 Å². The molecule has 2 aliphatic rings. The van der Waals surface area contributed by atoms with Crippen LogP contribution in [-0.4, -0.2) is 38.4 Å². The number of carbonyl (C=O) groups is 1. The van der Waals surface area contributed by atoms with Gasteiger partial charge in [-0.1, -0.05) is 20.8 Å². The van der Waals surface area contributed by atoms with Gasteiger partial charge in [-0.25, -0.2) is 4.79 Å². The minimum Gasteiger partial charge on any atom is -0.473 e. The van der Waals surface area contributed by atoms with Gasteiger partial charge in [0.25, 0.3) is 0 Å². The largest absolute Gasteiger partial charge is 0.473 e. The molecule has 1 aliphatic heterocycles. The van der Waals surface area contributed by atoms with Crippen LogP contribution < -0.4 is 0 Å². The Morgan fingerprint density at radius 1 is 1.43 bits per heavy atom. The molecule has 1 heterocycles. The van der Waals surface area contributed by atoms with Crippen LogP contribution in [0.25, 0.3) is 0 Å². The van der Waals surface area contributed by atoms with E-state index in [0.29, 0.717) is 12.0 Å². The number of carbonyl (C=O) groups excluding carboxylic acids is 1. The van der Waals surface area contributed by atoms with E-state index in [1.165, 1.54) is 13.4 Å². The minimum absolute atomic E-state index is 0.0443. The molecule has 4 atom stereocenters. The molecule has 2 rings (SSSR count). The molecule has 0 radical (unpaired) electrons. The number of methoxy groups -OCH3 is 1. The summed E-state index contributed by atoms with van der Waals surface area (Å²) in [6.45, 7) is 12.6. The van der Waals surface area contributed by atoms with E-state index in [1.54, 1.807) is 0 Å². The van der Waals surface area contributed by atoms with Gasteiger partial charge >= 0.3 is 5.97 Å². The highest BCUT2D eigenvalue weighted by Gasteiger charge is 2.55. The molecule has 0 saturated heterocycles. The van der Waals surface area contributed by atoms with E-state index in [1.807, 2.05) is 6.92 Å². The lowest BCUT2D eigenvalue weighted by atomic mass is 9.81. The van der Waals surface area contributed by atoms with Crippen molar-refractivity contribution in [1.29, 1.82) is 0 Å². The van der Waals surface area contributed by atoms with Crippen molar-refractivity contribution in [3.63, 3.8) is 0 Å². The molecule has 23 heavy (non-hydrogen) atoms. The average Bonchev–Trinajstić information content (AvgIpc) is 2.73. The molecule has 0 aromatic heterocycles. The molecule has 132 valence electrons. The molecule has 0 aromatic carbocycles. The Labute approximate surface area is 140 Å². The fourth-order valence-electron chi connectivity index (χ4n) is 3.26. The van der Waals surface area contributed by atoms with E-state index in [0.717, 1.165) is 6.42 Å². The molecular formula is C17H30O5Si. The zero-order valence-corrected chi connectivity index (χ0v) is 16.3. The van der Waals surface area contributed by atoms with E-state index >= 15 is 0 Å². The van der Waals surface area contributed by atoms with Crippen LogP contribution in [0.3, 0.4) is 0 Å². The maximum Gasteiger partial charge on any atom is 0.337 e. The summed E-state index contributed by atoms with van der Waals surface area (Å²) in [5, 5.41) is 10.9. The highest BCUT2D eigenvalue weighted by atomic mass is 28.4. The number of fused-ring (bicyclic) bond motifs is 1. The smallest absolute Gasteiger partial charge is 0.337 e. The lowest BCUT2D eigenvalue weighted by Crippen LogP contribution is -2.52. The molecular weight excluding hydrogens is 312 g/mol. The van der Waals surface area contributed by atoms with Crippen molar-refractivity contribution in [2.45, 2.75) is 70.6 Å². The lowest BCUT2D eigenvalue weighted by molar-refractivity contribution is -0.159. The molecule has 1 aliphatic carbocycles. The Morgan fingerprint density at radius 3 is 2.57 bits per heavy atom. The predicted molar refractivity (Wildman–Crippen MR) is 90.1 cm³/mol. The Balaban J connectivity index is 2.32. The van der Waals surface area contributed by atoms with E-state index in [4.69, 9.17) is 13.9 Å². The Morgan fingerprint density at radius 2 is 2.04 bits per heavy atom. The Kier molecular flexibility index (Phi) is 4.74. The van der Waals surface area contributed by atoms with Gasteiger partial charge in [0.05, 0.1) is 30.5 Å². The molecule has 6 heteroatoms.